The number of likely N-dealkylation sites (tertiary alicyclic amines) is 1. The maximum absolute atomic E-state index is 12.0. The van der Waals surface area contributed by atoms with Gasteiger partial charge in [-0.1, -0.05) is 0 Å². The third-order valence-corrected chi connectivity index (χ3v) is 2.83. The Bertz CT molecular complexity index is 389. The number of rotatable bonds is 3. The first-order chi connectivity index (χ1) is 9.24. The van der Waals surface area contributed by atoms with E-state index in [1.165, 1.54) is 12.0 Å². The van der Waals surface area contributed by atoms with E-state index >= 15 is 0 Å². The summed E-state index contributed by atoms with van der Waals surface area (Å²) in [6, 6.07) is -0.548. The van der Waals surface area contributed by atoms with Gasteiger partial charge in [-0.15, -0.1) is 0 Å². The quantitative estimate of drug-likeness (QED) is 0.771. The standard InChI is InChI=1S/C13H22N2O5/c1-13(2,3)20-12(18)14-8-10(16)15-7-5-6-9(15)11(17)19-4/h9H,5-8H2,1-4H3,(H,14,18). The molecule has 114 valence electrons. The van der Waals surface area contributed by atoms with Crippen molar-refractivity contribution in [2.45, 2.75) is 45.3 Å². The molecule has 20 heavy (non-hydrogen) atoms. The Kier molecular flexibility index (Phi) is 5.35. The van der Waals surface area contributed by atoms with Crippen LogP contribution in [0.25, 0.3) is 0 Å². The molecule has 1 N–H and O–H groups in total. The van der Waals surface area contributed by atoms with E-state index in [-0.39, 0.29) is 12.5 Å². The number of methoxy groups -OCH3 is 1. The van der Waals surface area contributed by atoms with Crippen LogP contribution >= 0.6 is 0 Å². The van der Waals surface area contributed by atoms with Gasteiger partial charge >= 0.3 is 12.1 Å². The van der Waals surface area contributed by atoms with Crippen LogP contribution in [-0.2, 0) is 19.1 Å². The minimum Gasteiger partial charge on any atom is -0.467 e. The fourth-order valence-corrected chi connectivity index (χ4v) is 2.01. The summed E-state index contributed by atoms with van der Waals surface area (Å²) in [6.07, 6.45) is 0.683. The molecule has 1 heterocycles. The van der Waals surface area contributed by atoms with Crippen LogP contribution < -0.4 is 5.32 Å². The van der Waals surface area contributed by atoms with Crippen molar-refractivity contribution in [1.29, 1.82) is 0 Å². The zero-order chi connectivity index (χ0) is 15.3. The highest BCUT2D eigenvalue weighted by Gasteiger charge is 2.34. The summed E-state index contributed by atoms with van der Waals surface area (Å²) < 4.78 is 9.69. The molecule has 0 aromatic rings. The first kappa shape index (κ1) is 16.3. The molecule has 7 heteroatoms. The maximum Gasteiger partial charge on any atom is 0.408 e. The molecule has 1 atom stereocenters. The van der Waals surface area contributed by atoms with Gasteiger partial charge in [-0.05, 0) is 33.6 Å². The van der Waals surface area contributed by atoms with Gasteiger partial charge in [-0.3, -0.25) is 4.79 Å². The molecule has 0 bridgehead atoms. The highest BCUT2D eigenvalue weighted by Crippen LogP contribution is 2.18. The van der Waals surface area contributed by atoms with Gasteiger partial charge in [0.1, 0.15) is 18.2 Å². The average Bonchev–Trinajstić information content (AvgIpc) is 2.82. The number of alkyl carbamates (subject to hydrolysis) is 1. The maximum atomic E-state index is 12.0. The molecule has 7 nitrogen and oxygen atoms in total. The summed E-state index contributed by atoms with van der Waals surface area (Å²) in [5.74, 6) is -0.739. The van der Waals surface area contributed by atoms with Gasteiger partial charge in [0.25, 0.3) is 0 Å². The Morgan fingerprint density at radius 1 is 1.30 bits per heavy atom. The van der Waals surface area contributed by atoms with Crippen molar-refractivity contribution in [3.05, 3.63) is 0 Å². The topological polar surface area (TPSA) is 84.9 Å². The van der Waals surface area contributed by atoms with Crippen LogP contribution in [0.2, 0.25) is 0 Å². The molecule has 1 aliphatic rings. The van der Waals surface area contributed by atoms with Gasteiger partial charge in [-0.2, -0.15) is 0 Å². The predicted octanol–water partition coefficient (Wildman–Crippen LogP) is 0.675. The molecule has 2 amide bonds. The molecule has 1 rings (SSSR count). The number of nitrogens with one attached hydrogen (secondary N) is 1. The third-order valence-electron chi connectivity index (χ3n) is 2.83. The Labute approximate surface area is 118 Å². The molecule has 0 aromatic carbocycles. The third kappa shape index (κ3) is 4.71. The van der Waals surface area contributed by atoms with Crippen LogP contribution in [0.15, 0.2) is 0 Å². The lowest BCUT2D eigenvalue weighted by atomic mass is 10.2. The number of nitrogens with zero attached hydrogens (tertiary/aromatic N) is 1. The van der Waals surface area contributed by atoms with Gasteiger partial charge < -0.3 is 19.7 Å². The number of carbonyl (C=O) groups excluding carboxylic acids is 3. The molecule has 1 saturated heterocycles. The van der Waals surface area contributed by atoms with E-state index in [1.807, 2.05) is 0 Å². The minimum absolute atomic E-state index is 0.192. The largest absolute Gasteiger partial charge is 0.467 e. The molecule has 0 radical (unpaired) electrons. The molecular weight excluding hydrogens is 264 g/mol. The summed E-state index contributed by atoms with van der Waals surface area (Å²) in [4.78, 5) is 36.4. The first-order valence-electron chi connectivity index (χ1n) is 6.59. The van der Waals surface area contributed by atoms with Gasteiger partial charge in [0.05, 0.1) is 7.11 Å². The summed E-state index contributed by atoms with van der Waals surface area (Å²) in [7, 11) is 1.29. The average molecular weight is 286 g/mol. The van der Waals surface area contributed by atoms with Crippen molar-refractivity contribution in [3.8, 4) is 0 Å². The van der Waals surface area contributed by atoms with E-state index < -0.39 is 23.7 Å². The lowest BCUT2D eigenvalue weighted by Gasteiger charge is -2.23. The van der Waals surface area contributed by atoms with E-state index in [2.05, 4.69) is 10.1 Å². The molecule has 0 aliphatic carbocycles. The normalized spacial score (nSPS) is 18.6. The van der Waals surface area contributed by atoms with E-state index in [4.69, 9.17) is 4.74 Å². The molecule has 0 aromatic heterocycles. The van der Waals surface area contributed by atoms with Crippen molar-refractivity contribution >= 4 is 18.0 Å². The van der Waals surface area contributed by atoms with Crippen LogP contribution in [-0.4, -0.2) is 54.7 Å². The second-order valence-corrected chi connectivity index (χ2v) is 5.62. The van der Waals surface area contributed by atoms with E-state index in [9.17, 15) is 14.4 Å². The van der Waals surface area contributed by atoms with Gasteiger partial charge in [0.15, 0.2) is 0 Å². The van der Waals surface area contributed by atoms with Crippen LogP contribution in [0.4, 0.5) is 4.79 Å². The number of ether oxygens (including phenoxy) is 2. The van der Waals surface area contributed by atoms with Gasteiger partial charge in [0.2, 0.25) is 5.91 Å². The lowest BCUT2D eigenvalue weighted by molar-refractivity contribution is -0.150. The van der Waals surface area contributed by atoms with Crippen LogP contribution in [0.3, 0.4) is 0 Å². The molecule has 1 aliphatic heterocycles. The predicted molar refractivity (Wildman–Crippen MR) is 71.0 cm³/mol. The first-order valence-corrected chi connectivity index (χ1v) is 6.59. The number of hydrogen-bond acceptors (Lipinski definition) is 5. The van der Waals surface area contributed by atoms with Gasteiger partial charge in [0, 0.05) is 6.54 Å². The van der Waals surface area contributed by atoms with E-state index in [0.717, 1.165) is 6.42 Å². The second-order valence-electron chi connectivity index (χ2n) is 5.62. The monoisotopic (exact) mass is 286 g/mol. The van der Waals surface area contributed by atoms with Crippen molar-refractivity contribution < 1.29 is 23.9 Å². The summed E-state index contributed by atoms with van der Waals surface area (Å²) >= 11 is 0. The fraction of sp³-hybridized carbons (Fsp3) is 0.769. The Hall–Kier alpha value is -1.79. The molecule has 0 spiro atoms. The van der Waals surface area contributed by atoms with Crippen molar-refractivity contribution in [2.24, 2.45) is 0 Å². The number of esters is 1. The Morgan fingerprint density at radius 2 is 1.95 bits per heavy atom. The molecule has 1 fully saturated rings. The summed E-state index contributed by atoms with van der Waals surface area (Å²) in [5, 5.41) is 2.39. The van der Waals surface area contributed by atoms with Crippen molar-refractivity contribution in [3.63, 3.8) is 0 Å². The number of amides is 2. The van der Waals surface area contributed by atoms with Crippen LogP contribution in [0, 0.1) is 0 Å². The van der Waals surface area contributed by atoms with Crippen LogP contribution in [0.5, 0.6) is 0 Å². The number of carbonyl (C=O) groups is 3. The van der Waals surface area contributed by atoms with E-state index in [1.54, 1.807) is 20.8 Å². The summed E-state index contributed by atoms with van der Waals surface area (Å²) in [5.41, 5.74) is -0.616. The highest BCUT2D eigenvalue weighted by atomic mass is 16.6. The number of hydrogen-bond donors (Lipinski definition) is 1. The van der Waals surface area contributed by atoms with Crippen molar-refractivity contribution in [2.75, 3.05) is 20.2 Å². The zero-order valence-corrected chi connectivity index (χ0v) is 12.4. The second kappa shape index (κ2) is 6.58. The lowest BCUT2D eigenvalue weighted by Crippen LogP contribution is -2.46. The summed E-state index contributed by atoms with van der Waals surface area (Å²) in [6.45, 7) is 5.52. The highest BCUT2D eigenvalue weighted by molar-refractivity contribution is 5.87. The van der Waals surface area contributed by atoms with E-state index in [0.29, 0.717) is 13.0 Å². The minimum atomic E-state index is -0.653. The fourth-order valence-electron chi connectivity index (χ4n) is 2.01. The molecule has 1 unspecified atom stereocenters. The van der Waals surface area contributed by atoms with Crippen LogP contribution in [0.1, 0.15) is 33.6 Å². The Morgan fingerprint density at radius 3 is 2.50 bits per heavy atom. The molecular formula is C13H22N2O5. The Balaban J connectivity index is 2.46. The van der Waals surface area contributed by atoms with Crippen molar-refractivity contribution in [1.82, 2.24) is 10.2 Å². The van der Waals surface area contributed by atoms with Gasteiger partial charge in [-0.25, -0.2) is 9.59 Å². The smallest absolute Gasteiger partial charge is 0.408 e. The molecule has 0 saturated carbocycles. The SMILES string of the molecule is COC(=O)C1CCCN1C(=O)CNC(=O)OC(C)(C)C. The zero-order valence-electron chi connectivity index (χ0n) is 12.4.